The summed E-state index contributed by atoms with van der Waals surface area (Å²) in [6.45, 7) is 0.629. The van der Waals surface area contributed by atoms with Gasteiger partial charge in [0.15, 0.2) is 6.29 Å². The van der Waals surface area contributed by atoms with Crippen molar-refractivity contribution in [2.45, 2.75) is 6.42 Å². The third kappa shape index (κ3) is 1.76. The van der Waals surface area contributed by atoms with Gasteiger partial charge in [-0.05, 0) is 12.1 Å². The van der Waals surface area contributed by atoms with Gasteiger partial charge < -0.3 is 9.14 Å². The molecule has 2 aromatic rings. The highest BCUT2D eigenvalue weighted by molar-refractivity contribution is 5.85. The maximum absolute atomic E-state index is 10.8. The summed E-state index contributed by atoms with van der Waals surface area (Å²) in [5.41, 5.74) is 1.51. The zero-order valence-electron chi connectivity index (χ0n) is 8.51. The number of hydrogen-bond donors (Lipinski definition) is 0. The van der Waals surface area contributed by atoms with E-state index in [4.69, 9.17) is 4.74 Å². The fourth-order valence-electron chi connectivity index (χ4n) is 1.58. The van der Waals surface area contributed by atoms with Crippen LogP contribution in [0.25, 0.3) is 5.52 Å². The van der Waals surface area contributed by atoms with E-state index in [-0.39, 0.29) is 0 Å². The first-order chi connectivity index (χ1) is 7.36. The lowest BCUT2D eigenvalue weighted by Gasteiger charge is -2.01. The summed E-state index contributed by atoms with van der Waals surface area (Å²) in [7, 11) is 1.66. The lowest BCUT2D eigenvalue weighted by Crippen LogP contribution is -2.00. The molecule has 0 aliphatic heterocycles. The molecule has 0 spiro atoms. The molecule has 0 aliphatic rings. The molecule has 0 amide bonds. The highest BCUT2D eigenvalue weighted by atomic mass is 16.5. The van der Waals surface area contributed by atoms with Crippen LogP contribution in [0.4, 0.5) is 0 Å². The van der Waals surface area contributed by atoms with E-state index in [1.54, 1.807) is 19.4 Å². The van der Waals surface area contributed by atoms with Crippen molar-refractivity contribution in [2.24, 2.45) is 0 Å². The number of aromatic nitrogens is 2. The maximum Gasteiger partial charge on any atom is 0.152 e. The van der Waals surface area contributed by atoms with E-state index in [2.05, 4.69) is 4.98 Å². The summed E-state index contributed by atoms with van der Waals surface area (Å²) in [5.74, 6) is 0.913. The number of ether oxygens (including phenoxy) is 1. The normalized spacial score (nSPS) is 10.7. The molecule has 0 radical (unpaired) electrons. The summed E-state index contributed by atoms with van der Waals surface area (Å²) in [6.07, 6.45) is 5.21. The van der Waals surface area contributed by atoms with Crippen LogP contribution in [-0.2, 0) is 11.2 Å². The average Bonchev–Trinajstić information content (AvgIpc) is 2.69. The smallest absolute Gasteiger partial charge is 0.152 e. The molecule has 78 valence electrons. The largest absolute Gasteiger partial charge is 0.384 e. The predicted molar refractivity (Wildman–Crippen MR) is 56.2 cm³/mol. The Balaban J connectivity index is 2.46. The van der Waals surface area contributed by atoms with Gasteiger partial charge in [0, 0.05) is 25.3 Å². The van der Waals surface area contributed by atoms with E-state index >= 15 is 0 Å². The molecule has 0 bridgehead atoms. The third-order valence-corrected chi connectivity index (χ3v) is 2.34. The summed E-state index contributed by atoms with van der Waals surface area (Å²) in [4.78, 5) is 15.0. The van der Waals surface area contributed by atoms with Crippen LogP contribution in [0, 0.1) is 0 Å². The molecule has 0 aliphatic carbocycles. The van der Waals surface area contributed by atoms with Crippen LogP contribution in [-0.4, -0.2) is 29.4 Å². The number of methoxy groups -OCH3 is 1. The standard InChI is InChI=1S/C11H12N2O2/c1-15-6-4-11-12-7-10-9(8-14)3-2-5-13(10)11/h2-3,5,7-8H,4,6H2,1H3. The van der Waals surface area contributed by atoms with Gasteiger partial charge in [-0.25, -0.2) is 4.98 Å². The second-order valence-corrected chi connectivity index (χ2v) is 3.25. The molecular formula is C11H12N2O2. The molecule has 0 saturated carbocycles. The fraction of sp³-hybridized carbons (Fsp3) is 0.273. The van der Waals surface area contributed by atoms with Gasteiger partial charge in [0.1, 0.15) is 5.82 Å². The Labute approximate surface area is 87.5 Å². The van der Waals surface area contributed by atoms with Gasteiger partial charge in [0.25, 0.3) is 0 Å². The average molecular weight is 204 g/mol. The van der Waals surface area contributed by atoms with Crippen molar-refractivity contribution in [2.75, 3.05) is 13.7 Å². The highest BCUT2D eigenvalue weighted by Crippen LogP contribution is 2.11. The molecular weight excluding hydrogens is 192 g/mol. The minimum atomic E-state index is 0.629. The zero-order chi connectivity index (χ0) is 10.7. The Morgan fingerprint density at radius 2 is 2.47 bits per heavy atom. The molecule has 2 aromatic heterocycles. The fourth-order valence-corrected chi connectivity index (χ4v) is 1.58. The molecule has 2 heterocycles. The Bertz CT molecular complexity index is 476. The molecule has 0 atom stereocenters. The minimum Gasteiger partial charge on any atom is -0.384 e. The zero-order valence-corrected chi connectivity index (χ0v) is 8.51. The number of carbonyl (C=O) groups is 1. The van der Waals surface area contributed by atoms with Gasteiger partial charge in [0.2, 0.25) is 0 Å². The van der Waals surface area contributed by atoms with E-state index in [1.807, 2.05) is 16.7 Å². The molecule has 2 rings (SSSR count). The van der Waals surface area contributed by atoms with E-state index < -0.39 is 0 Å². The van der Waals surface area contributed by atoms with E-state index in [1.165, 1.54) is 0 Å². The van der Waals surface area contributed by atoms with Gasteiger partial charge in [-0.2, -0.15) is 0 Å². The minimum absolute atomic E-state index is 0.629. The van der Waals surface area contributed by atoms with Crippen molar-refractivity contribution < 1.29 is 9.53 Å². The van der Waals surface area contributed by atoms with Crippen molar-refractivity contribution in [1.82, 2.24) is 9.38 Å². The van der Waals surface area contributed by atoms with Crippen LogP contribution in [0.15, 0.2) is 24.5 Å². The molecule has 15 heavy (non-hydrogen) atoms. The van der Waals surface area contributed by atoms with Crippen molar-refractivity contribution in [3.05, 3.63) is 35.9 Å². The second kappa shape index (κ2) is 4.23. The summed E-state index contributed by atoms with van der Waals surface area (Å²) >= 11 is 0. The topological polar surface area (TPSA) is 43.6 Å². The van der Waals surface area contributed by atoms with Crippen LogP contribution in [0.5, 0.6) is 0 Å². The lowest BCUT2D eigenvalue weighted by molar-refractivity contribution is 0.112. The Morgan fingerprint density at radius 1 is 1.60 bits per heavy atom. The Morgan fingerprint density at radius 3 is 3.20 bits per heavy atom. The van der Waals surface area contributed by atoms with E-state index in [0.29, 0.717) is 12.2 Å². The second-order valence-electron chi connectivity index (χ2n) is 3.25. The highest BCUT2D eigenvalue weighted by Gasteiger charge is 2.05. The van der Waals surface area contributed by atoms with Crippen molar-refractivity contribution in [3.63, 3.8) is 0 Å². The van der Waals surface area contributed by atoms with Crippen LogP contribution < -0.4 is 0 Å². The lowest BCUT2D eigenvalue weighted by atomic mass is 10.2. The van der Waals surface area contributed by atoms with Crippen LogP contribution in [0.2, 0.25) is 0 Å². The van der Waals surface area contributed by atoms with Crippen molar-refractivity contribution in [1.29, 1.82) is 0 Å². The third-order valence-electron chi connectivity index (χ3n) is 2.34. The number of carbonyl (C=O) groups excluding carboxylic acids is 1. The van der Waals surface area contributed by atoms with Gasteiger partial charge in [-0.3, -0.25) is 4.79 Å². The van der Waals surface area contributed by atoms with Crippen LogP contribution in [0.3, 0.4) is 0 Å². The number of nitrogens with zero attached hydrogens (tertiary/aromatic N) is 2. The molecule has 0 saturated heterocycles. The van der Waals surface area contributed by atoms with Gasteiger partial charge in [-0.15, -0.1) is 0 Å². The van der Waals surface area contributed by atoms with Crippen molar-refractivity contribution in [3.8, 4) is 0 Å². The van der Waals surface area contributed by atoms with Gasteiger partial charge in [0.05, 0.1) is 18.3 Å². The molecule has 0 aromatic carbocycles. The first-order valence-electron chi connectivity index (χ1n) is 4.76. The SMILES string of the molecule is COCCc1ncc2c(C=O)cccn12. The first kappa shape index (κ1) is 9.86. The van der Waals surface area contributed by atoms with Crippen LogP contribution in [0.1, 0.15) is 16.2 Å². The van der Waals surface area contributed by atoms with Gasteiger partial charge in [-0.1, -0.05) is 0 Å². The number of rotatable bonds is 4. The molecule has 0 fully saturated rings. The quantitative estimate of drug-likeness (QED) is 0.706. The van der Waals surface area contributed by atoms with E-state index in [9.17, 15) is 4.79 Å². The van der Waals surface area contributed by atoms with Crippen LogP contribution >= 0.6 is 0 Å². The Kier molecular flexibility index (Phi) is 2.78. The molecule has 0 unspecified atom stereocenters. The Hall–Kier alpha value is -1.68. The predicted octanol–water partition coefficient (Wildman–Crippen LogP) is 1.34. The monoisotopic (exact) mass is 204 g/mol. The summed E-state index contributed by atoms with van der Waals surface area (Å²) in [6, 6.07) is 3.62. The molecule has 4 heteroatoms. The number of pyridine rings is 1. The number of aldehydes is 1. The molecule has 0 N–H and O–H groups in total. The van der Waals surface area contributed by atoms with Gasteiger partial charge >= 0.3 is 0 Å². The number of fused-ring (bicyclic) bond motifs is 1. The maximum atomic E-state index is 10.8. The molecule has 4 nitrogen and oxygen atoms in total. The van der Waals surface area contributed by atoms with E-state index in [0.717, 1.165) is 24.0 Å². The summed E-state index contributed by atoms with van der Waals surface area (Å²) < 4.78 is 6.92. The number of imidazole rings is 1. The first-order valence-corrected chi connectivity index (χ1v) is 4.76. The van der Waals surface area contributed by atoms with Crippen molar-refractivity contribution >= 4 is 11.8 Å². The summed E-state index contributed by atoms with van der Waals surface area (Å²) in [5, 5.41) is 0. The number of hydrogen-bond acceptors (Lipinski definition) is 3.